The molecule has 0 aliphatic carbocycles. The second-order valence-corrected chi connectivity index (χ2v) is 9.91. The molecule has 5 rings (SSSR count). The van der Waals surface area contributed by atoms with Crippen LogP contribution in [0.15, 0.2) is 42.0 Å². The SMILES string of the molecule is COc1ccc(OC)c(C(=O)N2CCC3(CCN(C(=O)C4=Cc5cc(Cl)ccc5OC4)C3)CC2)c1. The van der Waals surface area contributed by atoms with E-state index in [1.165, 1.54) is 0 Å². The van der Waals surface area contributed by atoms with Crippen molar-refractivity contribution in [1.82, 2.24) is 9.80 Å². The van der Waals surface area contributed by atoms with Gasteiger partial charge in [0.1, 0.15) is 23.9 Å². The minimum atomic E-state index is -0.0524. The molecule has 0 radical (unpaired) electrons. The van der Waals surface area contributed by atoms with Gasteiger partial charge in [0.05, 0.1) is 25.4 Å². The molecule has 7 nitrogen and oxygen atoms in total. The molecule has 0 bridgehead atoms. The van der Waals surface area contributed by atoms with Crippen molar-refractivity contribution in [2.75, 3.05) is 47.0 Å². The highest BCUT2D eigenvalue weighted by Crippen LogP contribution is 2.42. The third kappa shape index (κ3) is 4.57. The molecular formula is C27H29ClN2O5. The first-order valence-corrected chi connectivity index (χ1v) is 12.2. The molecule has 0 unspecified atom stereocenters. The molecule has 1 spiro atoms. The number of hydrogen-bond donors (Lipinski definition) is 0. The number of carbonyl (C=O) groups is 2. The number of likely N-dealkylation sites (tertiary alicyclic amines) is 2. The monoisotopic (exact) mass is 496 g/mol. The summed E-state index contributed by atoms with van der Waals surface area (Å²) in [6, 6.07) is 10.7. The van der Waals surface area contributed by atoms with E-state index in [1.54, 1.807) is 38.5 Å². The summed E-state index contributed by atoms with van der Waals surface area (Å²) in [7, 11) is 3.14. The predicted octanol–water partition coefficient (Wildman–Crippen LogP) is 4.29. The van der Waals surface area contributed by atoms with Crippen molar-refractivity contribution in [1.29, 1.82) is 0 Å². The lowest BCUT2D eigenvalue weighted by Gasteiger charge is -2.39. The number of rotatable bonds is 4. The minimum Gasteiger partial charge on any atom is -0.497 e. The minimum absolute atomic E-state index is 0.0205. The van der Waals surface area contributed by atoms with Crippen LogP contribution in [0.4, 0.5) is 0 Å². The molecule has 3 aliphatic heterocycles. The van der Waals surface area contributed by atoms with Crippen LogP contribution >= 0.6 is 11.6 Å². The van der Waals surface area contributed by atoms with Crippen molar-refractivity contribution in [3.05, 3.63) is 58.1 Å². The van der Waals surface area contributed by atoms with Crippen LogP contribution in [0, 0.1) is 5.41 Å². The summed E-state index contributed by atoms with van der Waals surface area (Å²) in [6.07, 6.45) is 4.56. The topological polar surface area (TPSA) is 68.3 Å². The Morgan fingerprint density at radius 1 is 0.943 bits per heavy atom. The van der Waals surface area contributed by atoms with Crippen LogP contribution in [-0.2, 0) is 4.79 Å². The molecule has 3 heterocycles. The van der Waals surface area contributed by atoms with Gasteiger partial charge in [-0.05, 0) is 67.2 Å². The lowest BCUT2D eigenvalue weighted by molar-refractivity contribution is -0.127. The quantitative estimate of drug-likeness (QED) is 0.631. The zero-order chi connectivity index (χ0) is 24.6. The number of hydrogen-bond acceptors (Lipinski definition) is 5. The van der Waals surface area contributed by atoms with Gasteiger partial charge in [-0.15, -0.1) is 0 Å². The van der Waals surface area contributed by atoms with E-state index in [0.29, 0.717) is 47.3 Å². The number of fused-ring (bicyclic) bond motifs is 1. The van der Waals surface area contributed by atoms with Crippen LogP contribution in [0.5, 0.6) is 17.2 Å². The molecule has 35 heavy (non-hydrogen) atoms. The van der Waals surface area contributed by atoms with Crippen molar-refractivity contribution in [3.63, 3.8) is 0 Å². The Morgan fingerprint density at radius 3 is 2.40 bits per heavy atom. The van der Waals surface area contributed by atoms with Crippen LogP contribution in [0.2, 0.25) is 5.02 Å². The fourth-order valence-electron chi connectivity index (χ4n) is 5.33. The lowest BCUT2D eigenvalue weighted by Crippen LogP contribution is -2.45. The van der Waals surface area contributed by atoms with Gasteiger partial charge >= 0.3 is 0 Å². The first-order valence-electron chi connectivity index (χ1n) is 11.8. The zero-order valence-electron chi connectivity index (χ0n) is 20.0. The summed E-state index contributed by atoms with van der Waals surface area (Å²) < 4.78 is 16.5. The fourth-order valence-corrected chi connectivity index (χ4v) is 5.51. The highest BCUT2D eigenvalue weighted by molar-refractivity contribution is 6.30. The number of benzene rings is 2. The first-order chi connectivity index (χ1) is 16.9. The summed E-state index contributed by atoms with van der Waals surface area (Å²) in [4.78, 5) is 30.3. The van der Waals surface area contributed by atoms with E-state index in [0.717, 1.165) is 37.1 Å². The van der Waals surface area contributed by atoms with Crippen LogP contribution < -0.4 is 14.2 Å². The molecule has 2 amide bonds. The fraction of sp³-hybridized carbons (Fsp3) is 0.407. The molecule has 0 N–H and O–H groups in total. The van der Waals surface area contributed by atoms with Gasteiger partial charge in [0.2, 0.25) is 0 Å². The van der Waals surface area contributed by atoms with E-state index in [2.05, 4.69) is 0 Å². The van der Waals surface area contributed by atoms with Gasteiger partial charge in [-0.3, -0.25) is 9.59 Å². The molecule has 2 aromatic rings. The van der Waals surface area contributed by atoms with Gasteiger partial charge in [0.25, 0.3) is 11.8 Å². The number of methoxy groups -OCH3 is 2. The highest BCUT2D eigenvalue weighted by Gasteiger charge is 2.43. The van der Waals surface area contributed by atoms with Crippen molar-refractivity contribution in [2.45, 2.75) is 19.3 Å². The third-order valence-corrected chi connectivity index (χ3v) is 7.67. The van der Waals surface area contributed by atoms with E-state index in [4.69, 9.17) is 25.8 Å². The number of carbonyl (C=O) groups excluding carboxylic acids is 2. The second kappa shape index (κ2) is 9.46. The van der Waals surface area contributed by atoms with Crippen molar-refractivity contribution in [2.24, 2.45) is 5.41 Å². The molecule has 184 valence electrons. The van der Waals surface area contributed by atoms with Gasteiger partial charge in [-0.1, -0.05) is 11.6 Å². The predicted molar refractivity (Wildman–Crippen MR) is 133 cm³/mol. The molecule has 0 atom stereocenters. The Morgan fingerprint density at radius 2 is 1.69 bits per heavy atom. The van der Waals surface area contributed by atoms with E-state index in [9.17, 15) is 9.59 Å². The molecule has 8 heteroatoms. The average molecular weight is 497 g/mol. The van der Waals surface area contributed by atoms with Crippen LogP contribution in [0.25, 0.3) is 6.08 Å². The zero-order valence-corrected chi connectivity index (χ0v) is 20.8. The van der Waals surface area contributed by atoms with E-state index < -0.39 is 0 Å². The summed E-state index contributed by atoms with van der Waals surface area (Å²) in [6.45, 7) is 2.99. The second-order valence-electron chi connectivity index (χ2n) is 9.48. The van der Waals surface area contributed by atoms with Crippen LogP contribution in [0.1, 0.15) is 35.2 Å². The van der Waals surface area contributed by atoms with Crippen LogP contribution in [-0.4, -0.2) is 68.6 Å². The maximum absolute atomic E-state index is 13.3. The number of ether oxygens (including phenoxy) is 3. The average Bonchev–Trinajstić information content (AvgIpc) is 3.30. The van der Waals surface area contributed by atoms with Crippen molar-refractivity contribution in [3.8, 4) is 17.2 Å². The smallest absolute Gasteiger partial charge is 0.257 e. The molecule has 2 aromatic carbocycles. The third-order valence-electron chi connectivity index (χ3n) is 7.43. The largest absolute Gasteiger partial charge is 0.497 e. The molecule has 2 saturated heterocycles. The Hall–Kier alpha value is -3.19. The van der Waals surface area contributed by atoms with Gasteiger partial charge in [0, 0.05) is 36.8 Å². The molecule has 3 aliphatic rings. The summed E-state index contributed by atoms with van der Waals surface area (Å²) in [5.74, 6) is 1.88. The number of piperidine rings is 1. The first kappa shape index (κ1) is 23.5. The Bertz CT molecular complexity index is 1190. The van der Waals surface area contributed by atoms with Gasteiger partial charge < -0.3 is 24.0 Å². The standard InChI is InChI=1S/C27H29ClN2O5/c1-33-21-4-6-24(34-2)22(15-21)26(32)29-10-7-27(8-11-29)9-12-30(17-27)25(31)19-13-18-14-20(28)3-5-23(18)35-16-19/h3-6,13-15H,7-12,16-17H2,1-2H3. The Balaban J connectivity index is 1.23. The summed E-state index contributed by atoms with van der Waals surface area (Å²) >= 11 is 6.11. The molecule has 0 aromatic heterocycles. The summed E-state index contributed by atoms with van der Waals surface area (Å²) in [5.41, 5.74) is 2.04. The molecule has 2 fully saturated rings. The number of amides is 2. The molecular weight excluding hydrogens is 468 g/mol. The Kier molecular flexibility index (Phi) is 6.36. The van der Waals surface area contributed by atoms with Gasteiger partial charge in [-0.25, -0.2) is 0 Å². The summed E-state index contributed by atoms with van der Waals surface area (Å²) in [5, 5.41) is 0.616. The van der Waals surface area contributed by atoms with E-state index >= 15 is 0 Å². The Labute approximate surface area is 210 Å². The lowest BCUT2D eigenvalue weighted by atomic mass is 9.77. The van der Waals surface area contributed by atoms with E-state index in [1.807, 2.05) is 28.0 Å². The number of nitrogens with zero attached hydrogens (tertiary/aromatic N) is 2. The van der Waals surface area contributed by atoms with Crippen molar-refractivity contribution < 1.29 is 23.8 Å². The normalized spacial score (nSPS) is 18.5. The van der Waals surface area contributed by atoms with E-state index in [-0.39, 0.29) is 23.8 Å². The highest BCUT2D eigenvalue weighted by atomic mass is 35.5. The number of halogens is 1. The van der Waals surface area contributed by atoms with Gasteiger partial charge in [-0.2, -0.15) is 0 Å². The van der Waals surface area contributed by atoms with Crippen LogP contribution in [0.3, 0.4) is 0 Å². The van der Waals surface area contributed by atoms with Gasteiger partial charge in [0.15, 0.2) is 0 Å². The molecule has 0 saturated carbocycles. The maximum Gasteiger partial charge on any atom is 0.257 e. The maximum atomic E-state index is 13.3. The van der Waals surface area contributed by atoms with Crippen molar-refractivity contribution >= 4 is 29.5 Å².